The third-order valence-corrected chi connectivity index (χ3v) is 1.88. The van der Waals surface area contributed by atoms with Crippen molar-refractivity contribution in [3.05, 3.63) is 0 Å². The van der Waals surface area contributed by atoms with Crippen LogP contribution in [0.2, 0.25) is 0 Å². The molecule has 0 spiro atoms. The van der Waals surface area contributed by atoms with Gasteiger partial charge in [0.25, 0.3) is 0 Å². The van der Waals surface area contributed by atoms with Crippen LogP contribution in [0.5, 0.6) is 0 Å². The molecular weight excluding hydrogens is 152 g/mol. The van der Waals surface area contributed by atoms with Crippen molar-refractivity contribution in [2.75, 3.05) is 6.54 Å². The molecule has 0 rings (SSSR count). The minimum Gasteiger partial charge on any atom is -0.370 e. The minimum atomic E-state index is -0.183. The van der Waals surface area contributed by atoms with Gasteiger partial charge >= 0.3 is 0 Å². The second kappa shape index (κ2) is 8.53. The molecule has 0 bridgehead atoms. The molecule has 3 heteroatoms. The maximum absolute atomic E-state index is 10.3. The lowest BCUT2D eigenvalue weighted by molar-refractivity contribution is -0.118. The number of primary amides is 1. The summed E-state index contributed by atoms with van der Waals surface area (Å²) < 4.78 is 0. The summed E-state index contributed by atoms with van der Waals surface area (Å²) in [5, 5.41) is 0. The highest BCUT2D eigenvalue weighted by atomic mass is 16.1. The second-order valence-corrected chi connectivity index (χ2v) is 3.13. The largest absolute Gasteiger partial charge is 0.370 e. The Morgan fingerprint density at radius 1 is 0.917 bits per heavy atom. The fourth-order valence-electron chi connectivity index (χ4n) is 1.15. The summed E-state index contributed by atoms with van der Waals surface area (Å²) in [6.45, 7) is 0.793. The molecule has 0 aliphatic heterocycles. The van der Waals surface area contributed by atoms with Gasteiger partial charge in [-0.3, -0.25) is 4.79 Å². The van der Waals surface area contributed by atoms with Crippen LogP contribution in [-0.4, -0.2) is 12.5 Å². The topological polar surface area (TPSA) is 69.1 Å². The van der Waals surface area contributed by atoms with Gasteiger partial charge in [0.15, 0.2) is 0 Å². The van der Waals surface area contributed by atoms with Crippen molar-refractivity contribution in [2.24, 2.45) is 11.5 Å². The van der Waals surface area contributed by atoms with E-state index < -0.39 is 0 Å². The normalized spacial score (nSPS) is 10.1. The van der Waals surface area contributed by atoms with Crippen LogP contribution in [0.25, 0.3) is 0 Å². The molecule has 72 valence electrons. The zero-order valence-corrected chi connectivity index (χ0v) is 7.72. The van der Waals surface area contributed by atoms with Crippen molar-refractivity contribution in [2.45, 2.75) is 44.9 Å². The van der Waals surface area contributed by atoms with Crippen molar-refractivity contribution in [3.63, 3.8) is 0 Å². The molecule has 0 aromatic carbocycles. The molecule has 1 amide bonds. The number of carbonyl (C=O) groups is 1. The Morgan fingerprint density at radius 3 is 1.92 bits per heavy atom. The van der Waals surface area contributed by atoms with Gasteiger partial charge in [0.05, 0.1) is 0 Å². The summed E-state index contributed by atoms with van der Waals surface area (Å²) in [5.41, 5.74) is 10.3. The molecule has 0 radical (unpaired) electrons. The van der Waals surface area contributed by atoms with Gasteiger partial charge in [-0.05, 0) is 19.4 Å². The van der Waals surface area contributed by atoms with Crippen molar-refractivity contribution < 1.29 is 4.79 Å². The van der Waals surface area contributed by atoms with Gasteiger partial charge in [-0.1, -0.05) is 25.7 Å². The summed E-state index contributed by atoms with van der Waals surface area (Å²) in [6, 6.07) is 0. The summed E-state index contributed by atoms with van der Waals surface area (Å²) in [4.78, 5) is 10.3. The van der Waals surface area contributed by atoms with E-state index in [1.54, 1.807) is 0 Å². The van der Waals surface area contributed by atoms with Crippen LogP contribution in [0.1, 0.15) is 44.9 Å². The molecule has 0 aliphatic rings. The average molecular weight is 172 g/mol. The summed E-state index contributed by atoms with van der Waals surface area (Å²) in [6.07, 6.45) is 7.37. The van der Waals surface area contributed by atoms with E-state index in [0.29, 0.717) is 6.42 Å². The van der Waals surface area contributed by atoms with Gasteiger partial charge in [-0.2, -0.15) is 0 Å². The first-order valence-electron chi connectivity index (χ1n) is 4.75. The molecule has 0 aromatic rings. The average Bonchev–Trinajstić information content (AvgIpc) is 2.02. The Kier molecular flexibility index (Phi) is 8.12. The lowest BCUT2D eigenvalue weighted by Gasteiger charge is -1.98. The summed E-state index contributed by atoms with van der Waals surface area (Å²) >= 11 is 0. The lowest BCUT2D eigenvalue weighted by Crippen LogP contribution is -2.09. The van der Waals surface area contributed by atoms with Crippen molar-refractivity contribution in [3.8, 4) is 0 Å². The molecule has 0 saturated heterocycles. The molecule has 0 fully saturated rings. The number of carbonyl (C=O) groups excluding carboxylic acids is 1. The van der Waals surface area contributed by atoms with E-state index in [9.17, 15) is 4.79 Å². The first-order valence-corrected chi connectivity index (χ1v) is 4.75. The maximum Gasteiger partial charge on any atom is 0.217 e. The molecular formula is C9H20N2O. The highest BCUT2D eigenvalue weighted by Gasteiger charge is 1.94. The van der Waals surface area contributed by atoms with Crippen LogP contribution in [0.3, 0.4) is 0 Å². The van der Waals surface area contributed by atoms with E-state index in [0.717, 1.165) is 25.8 Å². The molecule has 0 aromatic heterocycles. The van der Waals surface area contributed by atoms with Crippen LogP contribution in [0, 0.1) is 0 Å². The highest BCUT2D eigenvalue weighted by molar-refractivity contribution is 5.73. The van der Waals surface area contributed by atoms with Crippen molar-refractivity contribution >= 4 is 5.91 Å². The van der Waals surface area contributed by atoms with E-state index in [1.165, 1.54) is 19.3 Å². The summed E-state index contributed by atoms with van der Waals surface area (Å²) in [5.74, 6) is -0.183. The predicted octanol–water partition coefficient (Wildman–Crippen LogP) is 1.16. The Hall–Kier alpha value is -0.570. The van der Waals surface area contributed by atoms with Gasteiger partial charge in [0, 0.05) is 6.42 Å². The smallest absolute Gasteiger partial charge is 0.217 e. The molecule has 12 heavy (non-hydrogen) atoms. The SMILES string of the molecule is NCCCCCCCCC(N)=O. The molecule has 0 aliphatic carbocycles. The molecule has 3 nitrogen and oxygen atoms in total. The third-order valence-electron chi connectivity index (χ3n) is 1.88. The van der Waals surface area contributed by atoms with E-state index >= 15 is 0 Å². The van der Waals surface area contributed by atoms with E-state index in [2.05, 4.69) is 0 Å². The van der Waals surface area contributed by atoms with Crippen LogP contribution >= 0.6 is 0 Å². The molecule has 0 heterocycles. The molecule has 4 N–H and O–H groups in total. The molecule has 0 saturated carbocycles. The van der Waals surface area contributed by atoms with E-state index in [-0.39, 0.29) is 5.91 Å². The zero-order valence-electron chi connectivity index (χ0n) is 7.72. The quantitative estimate of drug-likeness (QED) is 0.539. The zero-order chi connectivity index (χ0) is 9.23. The number of unbranched alkanes of at least 4 members (excludes halogenated alkanes) is 5. The Balaban J connectivity index is 2.86. The molecule has 0 unspecified atom stereocenters. The number of nitrogens with two attached hydrogens (primary N) is 2. The third kappa shape index (κ3) is 9.43. The Bertz CT molecular complexity index is 115. The van der Waals surface area contributed by atoms with Crippen molar-refractivity contribution in [1.29, 1.82) is 0 Å². The fourth-order valence-corrected chi connectivity index (χ4v) is 1.15. The van der Waals surface area contributed by atoms with Gasteiger partial charge in [0.2, 0.25) is 5.91 Å². The number of amides is 1. The van der Waals surface area contributed by atoms with Gasteiger partial charge in [-0.25, -0.2) is 0 Å². The standard InChI is InChI=1S/C9H20N2O/c10-8-6-4-2-1-3-5-7-9(11)12/h1-8,10H2,(H2,11,12). The van der Waals surface area contributed by atoms with Crippen molar-refractivity contribution in [1.82, 2.24) is 0 Å². The van der Waals surface area contributed by atoms with Crippen LogP contribution in [0.15, 0.2) is 0 Å². The minimum absolute atomic E-state index is 0.183. The van der Waals surface area contributed by atoms with Gasteiger partial charge < -0.3 is 11.5 Å². The fraction of sp³-hybridized carbons (Fsp3) is 0.889. The van der Waals surface area contributed by atoms with Gasteiger partial charge in [0.1, 0.15) is 0 Å². The van der Waals surface area contributed by atoms with Crippen LogP contribution < -0.4 is 11.5 Å². The first-order chi connectivity index (χ1) is 5.77. The highest BCUT2D eigenvalue weighted by Crippen LogP contribution is 2.05. The van der Waals surface area contributed by atoms with E-state index in [1.807, 2.05) is 0 Å². The Labute approximate surface area is 74.5 Å². The van der Waals surface area contributed by atoms with E-state index in [4.69, 9.17) is 11.5 Å². The second-order valence-electron chi connectivity index (χ2n) is 3.13. The summed E-state index contributed by atoms with van der Waals surface area (Å²) in [7, 11) is 0. The number of hydrogen-bond donors (Lipinski definition) is 2. The maximum atomic E-state index is 10.3. The van der Waals surface area contributed by atoms with Gasteiger partial charge in [-0.15, -0.1) is 0 Å². The lowest BCUT2D eigenvalue weighted by atomic mass is 10.1. The first kappa shape index (κ1) is 11.4. The van der Waals surface area contributed by atoms with Crippen LogP contribution in [0.4, 0.5) is 0 Å². The Morgan fingerprint density at radius 2 is 1.42 bits per heavy atom. The number of hydrogen-bond acceptors (Lipinski definition) is 2. The van der Waals surface area contributed by atoms with Crippen LogP contribution in [-0.2, 0) is 4.79 Å². The molecule has 0 atom stereocenters. The number of rotatable bonds is 8. The monoisotopic (exact) mass is 172 g/mol. The predicted molar refractivity (Wildman–Crippen MR) is 50.6 cm³/mol.